The number of carboxylic acid groups (broad SMARTS) is 1. The molecule has 2 N–H and O–H groups in total. The predicted molar refractivity (Wildman–Crippen MR) is 102 cm³/mol. The van der Waals surface area contributed by atoms with Crippen LogP contribution >= 0.6 is 11.8 Å². The number of hydrogen-bond acceptors (Lipinski definition) is 4. The zero-order valence-corrected chi connectivity index (χ0v) is 15.2. The third-order valence-electron chi connectivity index (χ3n) is 3.62. The van der Waals surface area contributed by atoms with Crippen molar-refractivity contribution in [2.75, 3.05) is 25.1 Å². The standard InChI is InChI=1S/C19H20N2O4S/c1-26-11-10-21(19(25)20-13-17(22)23)18(24)16-9-5-8-15(12-16)14-6-3-2-4-7-14/h2-9,12H,10-11,13H2,1H3,(H,20,25)(H,22,23). The van der Waals surface area contributed by atoms with E-state index in [9.17, 15) is 14.4 Å². The van der Waals surface area contributed by atoms with Crippen molar-refractivity contribution in [2.45, 2.75) is 0 Å². The van der Waals surface area contributed by atoms with Crippen LogP contribution in [0.4, 0.5) is 4.79 Å². The highest BCUT2D eigenvalue weighted by molar-refractivity contribution is 7.98. The number of imide groups is 1. The smallest absolute Gasteiger partial charge is 0.324 e. The molecule has 0 heterocycles. The molecule has 0 fully saturated rings. The topological polar surface area (TPSA) is 86.7 Å². The molecule has 7 heteroatoms. The van der Waals surface area contributed by atoms with E-state index in [0.29, 0.717) is 11.3 Å². The first-order valence-corrected chi connectivity index (χ1v) is 9.38. The Morgan fingerprint density at radius 3 is 2.38 bits per heavy atom. The molecule has 136 valence electrons. The van der Waals surface area contributed by atoms with E-state index in [1.807, 2.05) is 42.7 Å². The quantitative estimate of drug-likeness (QED) is 0.780. The number of aliphatic carboxylic acids is 1. The Morgan fingerprint density at radius 2 is 1.73 bits per heavy atom. The van der Waals surface area contributed by atoms with Gasteiger partial charge in [-0.05, 0) is 29.5 Å². The largest absolute Gasteiger partial charge is 0.480 e. The number of nitrogens with one attached hydrogen (secondary N) is 1. The molecule has 2 aromatic carbocycles. The number of hydrogen-bond donors (Lipinski definition) is 2. The van der Waals surface area contributed by atoms with Gasteiger partial charge in [0.2, 0.25) is 0 Å². The fourth-order valence-corrected chi connectivity index (χ4v) is 2.71. The fraction of sp³-hybridized carbons (Fsp3) is 0.211. The summed E-state index contributed by atoms with van der Waals surface area (Å²) in [5, 5.41) is 11.0. The van der Waals surface area contributed by atoms with Gasteiger partial charge in [-0.3, -0.25) is 14.5 Å². The molecular formula is C19H20N2O4S. The fourth-order valence-electron chi connectivity index (χ4n) is 2.34. The molecule has 0 aliphatic heterocycles. The molecule has 0 saturated heterocycles. The van der Waals surface area contributed by atoms with Crippen LogP contribution in [0, 0.1) is 0 Å². The van der Waals surface area contributed by atoms with E-state index in [0.717, 1.165) is 16.0 Å². The van der Waals surface area contributed by atoms with Crippen LogP contribution in [-0.4, -0.2) is 53.0 Å². The van der Waals surface area contributed by atoms with Crippen LogP contribution in [-0.2, 0) is 4.79 Å². The first-order chi connectivity index (χ1) is 12.5. The molecule has 0 atom stereocenters. The Bertz CT molecular complexity index is 780. The van der Waals surface area contributed by atoms with E-state index in [1.54, 1.807) is 18.2 Å². The molecule has 0 unspecified atom stereocenters. The van der Waals surface area contributed by atoms with Crippen molar-refractivity contribution in [2.24, 2.45) is 0 Å². The van der Waals surface area contributed by atoms with E-state index in [2.05, 4.69) is 5.32 Å². The van der Waals surface area contributed by atoms with E-state index < -0.39 is 24.5 Å². The SMILES string of the molecule is CSCCN(C(=O)NCC(=O)O)C(=O)c1cccc(-c2ccccc2)c1. The lowest BCUT2D eigenvalue weighted by Gasteiger charge is -2.21. The average molecular weight is 372 g/mol. The molecule has 0 aliphatic rings. The third-order valence-corrected chi connectivity index (χ3v) is 4.21. The number of urea groups is 1. The Labute approximate surface area is 156 Å². The first-order valence-electron chi connectivity index (χ1n) is 7.99. The Kier molecular flexibility index (Phi) is 7.23. The first kappa shape index (κ1) is 19.5. The van der Waals surface area contributed by atoms with Crippen LogP contribution in [0.15, 0.2) is 54.6 Å². The molecule has 3 amide bonds. The third kappa shape index (κ3) is 5.35. The summed E-state index contributed by atoms with van der Waals surface area (Å²) in [7, 11) is 0. The monoisotopic (exact) mass is 372 g/mol. The lowest BCUT2D eigenvalue weighted by molar-refractivity contribution is -0.135. The van der Waals surface area contributed by atoms with Gasteiger partial charge in [0.05, 0.1) is 0 Å². The minimum Gasteiger partial charge on any atom is -0.480 e. The zero-order chi connectivity index (χ0) is 18.9. The molecule has 0 bridgehead atoms. The van der Waals surface area contributed by atoms with Crippen LogP contribution in [0.1, 0.15) is 10.4 Å². The number of carbonyl (C=O) groups is 3. The number of thioether (sulfide) groups is 1. The number of amides is 3. The van der Waals surface area contributed by atoms with Gasteiger partial charge in [0.25, 0.3) is 5.91 Å². The predicted octanol–water partition coefficient (Wildman–Crippen LogP) is 2.95. The second-order valence-corrected chi connectivity index (χ2v) is 6.43. The van der Waals surface area contributed by atoms with Gasteiger partial charge in [0, 0.05) is 17.9 Å². The average Bonchev–Trinajstić information content (AvgIpc) is 2.67. The van der Waals surface area contributed by atoms with E-state index in [-0.39, 0.29) is 6.54 Å². The van der Waals surface area contributed by atoms with Gasteiger partial charge >= 0.3 is 12.0 Å². The highest BCUT2D eigenvalue weighted by Crippen LogP contribution is 2.21. The highest BCUT2D eigenvalue weighted by Gasteiger charge is 2.23. The lowest BCUT2D eigenvalue weighted by Crippen LogP contribution is -2.46. The van der Waals surface area contributed by atoms with Crippen LogP contribution in [0.2, 0.25) is 0 Å². The Hall–Kier alpha value is -2.80. The summed E-state index contributed by atoms with van der Waals surface area (Å²) < 4.78 is 0. The molecule has 2 rings (SSSR count). The van der Waals surface area contributed by atoms with Crippen molar-refractivity contribution in [3.63, 3.8) is 0 Å². The molecule has 2 aromatic rings. The van der Waals surface area contributed by atoms with Crippen molar-refractivity contribution in [3.8, 4) is 11.1 Å². The van der Waals surface area contributed by atoms with Crippen molar-refractivity contribution < 1.29 is 19.5 Å². The number of nitrogens with zero attached hydrogens (tertiary/aromatic N) is 1. The second kappa shape index (κ2) is 9.62. The van der Waals surface area contributed by atoms with Crippen LogP contribution in [0.25, 0.3) is 11.1 Å². The summed E-state index contributed by atoms with van der Waals surface area (Å²) in [4.78, 5) is 36.8. The molecule has 0 aromatic heterocycles. The summed E-state index contributed by atoms with van der Waals surface area (Å²) in [6.07, 6.45) is 1.87. The Morgan fingerprint density at radius 1 is 1.04 bits per heavy atom. The summed E-state index contributed by atoms with van der Waals surface area (Å²) in [6.45, 7) is -0.340. The van der Waals surface area contributed by atoms with Gasteiger partial charge in [-0.15, -0.1) is 0 Å². The number of carbonyl (C=O) groups excluding carboxylic acids is 2. The minimum atomic E-state index is -1.17. The van der Waals surface area contributed by atoms with Gasteiger partial charge < -0.3 is 10.4 Å². The van der Waals surface area contributed by atoms with E-state index in [1.165, 1.54) is 11.8 Å². The molecular weight excluding hydrogens is 352 g/mol. The minimum absolute atomic E-state index is 0.195. The molecule has 0 aliphatic carbocycles. The number of rotatable bonds is 7. The van der Waals surface area contributed by atoms with E-state index >= 15 is 0 Å². The van der Waals surface area contributed by atoms with Crippen molar-refractivity contribution in [3.05, 3.63) is 60.2 Å². The van der Waals surface area contributed by atoms with Crippen LogP contribution in [0.3, 0.4) is 0 Å². The zero-order valence-electron chi connectivity index (χ0n) is 14.3. The molecule has 26 heavy (non-hydrogen) atoms. The number of benzene rings is 2. The van der Waals surface area contributed by atoms with Crippen molar-refractivity contribution in [1.29, 1.82) is 0 Å². The van der Waals surface area contributed by atoms with E-state index in [4.69, 9.17) is 5.11 Å². The second-order valence-electron chi connectivity index (χ2n) is 5.45. The summed E-state index contributed by atoms with van der Waals surface area (Å²) in [6, 6.07) is 15.9. The molecule has 6 nitrogen and oxygen atoms in total. The lowest BCUT2D eigenvalue weighted by atomic mass is 10.0. The van der Waals surface area contributed by atoms with Crippen LogP contribution in [0.5, 0.6) is 0 Å². The maximum Gasteiger partial charge on any atom is 0.324 e. The van der Waals surface area contributed by atoms with Gasteiger partial charge in [-0.25, -0.2) is 4.79 Å². The molecule has 0 spiro atoms. The summed E-state index contributed by atoms with van der Waals surface area (Å²) in [5.41, 5.74) is 2.21. The maximum absolute atomic E-state index is 12.8. The van der Waals surface area contributed by atoms with Gasteiger partial charge in [-0.2, -0.15) is 11.8 Å². The summed E-state index contributed by atoms with van der Waals surface area (Å²) >= 11 is 1.49. The van der Waals surface area contributed by atoms with Crippen molar-refractivity contribution >= 4 is 29.7 Å². The van der Waals surface area contributed by atoms with Gasteiger partial charge in [0.15, 0.2) is 0 Å². The molecule has 0 saturated carbocycles. The van der Waals surface area contributed by atoms with Gasteiger partial charge in [-0.1, -0.05) is 42.5 Å². The summed E-state index contributed by atoms with van der Waals surface area (Å²) in [5.74, 6) is -1.06. The van der Waals surface area contributed by atoms with Gasteiger partial charge in [0.1, 0.15) is 6.54 Å². The molecule has 0 radical (unpaired) electrons. The normalized spacial score (nSPS) is 10.2. The highest BCUT2D eigenvalue weighted by atomic mass is 32.2. The van der Waals surface area contributed by atoms with Crippen LogP contribution < -0.4 is 5.32 Å². The number of carboxylic acids is 1. The maximum atomic E-state index is 12.8. The Balaban J connectivity index is 2.24. The van der Waals surface area contributed by atoms with Crippen molar-refractivity contribution in [1.82, 2.24) is 10.2 Å².